The molecule has 0 aliphatic heterocycles. The van der Waals surface area contributed by atoms with Crippen molar-refractivity contribution in [3.8, 4) is 17.2 Å². The van der Waals surface area contributed by atoms with Crippen LogP contribution >= 0.6 is 0 Å². The number of para-hydroxylation sites is 1. The number of ether oxygens (including phenoxy) is 5. The first-order valence-corrected chi connectivity index (χ1v) is 12.5. The van der Waals surface area contributed by atoms with Crippen molar-refractivity contribution < 1.29 is 38.1 Å². The van der Waals surface area contributed by atoms with Crippen molar-refractivity contribution in [1.29, 1.82) is 0 Å². The minimum absolute atomic E-state index is 0.0181. The highest BCUT2D eigenvalue weighted by atomic mass is 16.7. The zero-order valence-electron chi connectivity index (χ0n) is 21.8. The molecule has 200 valence electrons. The van der Waals surface area contributed by atoms with E-state index in [0.29, 0.717) is 0 Å². The summed E-state index contributed by atoms with van der Waals surface area (Å²) in [6, 6.07) is 11.0. The van der Waals surface area contributed by atoms with E-state index in [-0.39, 0.29) is 35.6 Å². The molecular weight excluding hydrogens is 478 g/mol. The second-order valence-corrected chi connectivity index (χ2v) is 9.20. The van der Waals surface area contributed by atoms with Crippen LogP contribution < -0.4 is 14.2 Å². The quantitative estimate of drug-likeness (QED) is 0.212. The van der Waals surface area contributed by atoms with E-state index in [9.17, 15) is 14.4 Å². The van der Waals surface area contributed by atoms with Gasteiger partial charge in [-0.25, -0.2) is 4.98 Å². The second-order valence-electron chi connectivity index (χ2n) is 9.20. The molecule has 2 aromatic rings. The number of hydrogen-bond acceptors (Lipinski definition) is 9. The normalized spacial score (nSPS) is 15.8. The van der Waals surface area contributed by atoms with Gasteiger partial charge in [-0.05, 0) is 37.8 Å². The van der Waals surface area contributed by atoms with Crippen LogP contribution in [0.5, 0.6) is 17.2 Å². The van der Waals surface area contributed by atoms with Crippen LogP contribution in [-0.2, 0) is 19.1 Å². The largest absolute Gasteiger partial charge is 0.493 e. The molecule has 9 nitrogen and oxygen atoms in total. The third-order valence-electron chi connectivity index (χ3n) is 6.36. The van der Waals surface area contributed by atoms with E-state index in [1.807, 2.05) is 37.3 Å². The summed E-state index contributed by atoms with van der Waals surface area (Å²) in [6.45, 7) is 4.31. The highest BCUT2D eigenvalue weighted by Gasteiger charge is 2.34. The minimum atomic E-state index is -0.731. The van der Waals surface area contributed by atoms with E-state index in [0.717, 1.165) is 31.4 Å². The summed E-state index contributed by atoms with van der Waals surface area (Å²) in [5.41, 5.74) is -0.0181. The zero-order valence-corrected chi connectivity index (χ0v) is 21.8. The molecule has 0 saturated heterocycles. The number of ketones is 1. The molecule has 1 aliphatic carbocycles. The molecular formula is C28H35NO8. The molecule has 37 heavy (non-hydrogen) atoms. The number of Topliss-reactive ketones (excluding diaryl/α,β-unsaturated/α-hetero) is 1. The first kappa shape index (κ1) is 28.0. The summed E-state index contributed by atoms with van der Waals surface area (Å²) in [7, 11) is 1.42. The summed E-state index contributed by atoms with van der Waals surface area (Å²) >= 11 is 0. The zero-order chi connectivity index (χ0) is 26.8. The fourth-order valence-electron chi connectivity index (χ4n) is 4.44. The van der Waals surface area contributed by atoms with E-state index in [4.69, 9.17) is 23.7 Å². The molecule has 3 atom stereocenters. The molecule has 9 heteroatoms. The van der Waals surface area contributed by atoms with Crippen LogP contribution in [0.3, 0.4) is 0 Å². The summed E-state index contributed by atoms with van der Waals surface area (Å²) in [5, 5.41) is 0. The van der Waals surface area contributed by atoms with Crippen LogP contribution in [-0.4, -0.2) is 48.8 Å². The maximum Gasteiger partial charge on any atom is 0.309 e. The number of hydrogen-bond donors (Lipinski definition) is 0. The standard InChI is InChI=1S/C28H35NO8/c1-18(16-23(31)25-27(35-17-34-20(3)30)24(33-4)14-15-29-25)28(32)36-19(2)26(21-10-8-9-11-21)37-22-12-6-5-7-13-22/h5-7,12-15,18-19,21,26H,8-11,16-17H2,1-4H3/t18-,19+,26+/m1/s1. The topological polar surface area (TPSA) is 110 Å². The lowest BCUT2D eigenvalue weighted by Gasteiger charge is -2.30. The first-order chi connectivity index (χ1) is 17.8. The van der Waals surface area contributed by atoms with Crippen LogP contribution in [0.1, 0.15) is 63.4 Å². The van der Waals surface area contributed by atoms with Gasteiger partial charge < -0.3 is 23.7 Å². The van der Waals surface area contributed by atoms with Gasteiger partial charge in [0.05, 0.1) is 13.0 Å². The Balaban J connectivity index is 1.66. The molecule has 1 saturated carbocycles. The van der Waals surface area contributed by atoms with Gasteiger partial charge in [0.1, 0.15) is 18.0 Å². The maximum absolute atomic E-state index is 13.1. The molecule has 1 aliphatic rings. The molecule has 1 fully saturated rings. The highest BCUT2D eigenvalue weighted by Crippen LogP contribution is 2.33. The molecule has 0 amide bonds. The van der Waals surface area contributed by atoms with E-state index in [1.54, 1.807) is 6.92 Å². The lowest BCUT2D eigenvalue weighted by molar-refractivity contribution is -0.158. The lowest BCUT2D eigenvalue weighted by atomic mass is 9.96. The van der Waals surface area contributed by atoms with Gasteiger partial charge in [-0.3, -0.25) is 14.4 Å². The number of carbonyl (C=O) groups is 3. The fourth-order valence-corrected chi connectivity index (χ4v) is 4.44. The molecule has 0 radical (unpaired) electrons. The predicted octanol–water partition coefficient (Wildman–Crippen LogP) is 4.77. The molecule has 0 spiro atoms. The van der Waals surface area contributed by atoms with Crippen molar-refractivity contribution in [2.45, 2.75) is 65.1 Å². The van der Waals surface area contributed by atoms with Crippen LogP contribution in [0.25, 0.3) is 0 Å². The van der Waals surface area contributed by atoms with Gasteiger partial charge in [0.25, 0.3) is 0 Å². The molecule has 3 rings (SSSR count). The van der Waals surface area contributed by atoms with Crippen LogP contribution in [0.2, 0.25) is 0 Å². The number of pyridine rings is 1. The van der Waals surface area contributed by atoms with E-state index < -0.39 is 36.5 Å². The number of benzene rings is 1. The number of carbonyl (C=O) groups excluding carboxylic acids is 3. The molecule has 0 bridgehead atoms. The van der Waals surface area contributed by atoms with Gasteiger partial charge in [-0.2, -0.15) is 0 Å². The SMILES string of the molecule is COc1ccnc(C(=O)C[C@@H](C)C(=O)O[C@@H](C)[C@H](Oc2ccccc2)C2CCCC2)c1OCOC(C)=O. The molecule has 1 aromatic carbocycles. The molecule has 0 unspecified atom stereocenters. The average molecular weight is 514 g/mol. The monoisotopic (exact) mass is 513 g/mol. The van der Waals surface area contributed by atoms with Crippen LogP contribution in [0.15, 0.2) is 42.6 Å². The first-order valence-electron chi connectivity index (χ1n) is 12.5. The van der Waals surface area contributed by atoms with Crippen molar-refractivity contribution >= 4 is 17.7 Å². The van der Waals surface area contributed by atoms with E-state index in [2.05, 4.69) is 4.98 Å². The average Bonchev–Trinajstić information content (AvgIpc) is 3.42. The lowest BCUT2D eigenvalue weighted by Crippen LogP contribution is -2.40. The smallest absolute Gasteiger partial charge is 0.309 e. The molecule has 1 aromatic heterocycles. The Bertz CT molecular complexity index is 1050. The van der Waals surface area contributed by atoms with Crippen LogP contribution in [0.4, 0.5) is 0 Å². The summed E-state index contributed by atoms with van der Waals surface area (Å²) in [6.07, 6.45) is 4.77. The van der Waals surface area contributed by atoms with Crippen molar-refractivity contribution in [2.75, 3.05) is 13.9 Å². The van der Waals surface area contributed by atoms with E-state index >= 15 is 0 Å². The van der Waals surface area contributed by atoms with Gasteiger partial charge in [-0.15, -0.1) is 0 Å². The minimum Gasteiger partial charge on any atom is -0.493 e. The highest BCUT2D eigenvalue weighted by molar-refractivity contribution is 5.99. The van der Waals surface area contributed by atoms with Gasteiger partial charge in [-0.1, -0.05) is 38.0 Å². The number of nitrogens with zero attached hydrogens (tertiary/aromatic N) is 1. The van der Waals surface area contributed by atoms with Gasteiger partial charge >= 0.3 is 11.9 Å². The Morgan fingerprint density at radius 3 is 2.41 bits per heavy atom. The Hall–Kier alpha value is -3.62. The Kier molecular flexibility index (Phi) is 10.3. The Labute approximate surface area is 217 Å². The van der Waals surface area contributed by atoms with Gasteiger partial charge in [0.2, 0.25) is 6.79 Å². The third-order valence-corrected chi connectivity index (χ3v) is 6.36. The van der Waals surface area contributed by atoms with Gasteiger partial charge in [0, 0.05) is 25.6 Å². The van der Waals surface area contributed by atoms with Crippen molar-refractivity contribution in [3.05, 3.63) is 48.3 Å². The maximum atomic E-state index is 13.1. The fraction of sp³-hybridized carbons (Fsp3) is 0.500. The Morgan fingerprint density at radius 2 is 1.76 bits per heavy atom. The second kappa shape index (κ2) is 13.6. The Morgan fingerprint density at radius 1 is 1.05 bits per heavy atom. The van der Waals surface area contributed by atoms with E-state index in [1.165, 1.54) is 26.3 Å². The van der Waals surface area contributed by atoms with Crippen molar-refractivity contribution in [2.24, 2.45) is 11.8 Å². The number of rotatable bonds is 13. The van der Waals surface area contributed by atoms with Crippen molar-refractivity contribution in [3.63, 3.8) is 0 Å². The summed E-state index contributed by atoms with van der Waals surface area (Å²) < 4.78 is 27.6. The van der Waals surface area contributed by atoms with Crippen molar-refractivity contribution in [1.82, 2.24) is 4.98 Å². The molecule has 1 heterocycles. The number of esters is 2. The third kappa shape index (κ3) is 7.93. The molecule has 0 N–H and O–H groups in total. The number of methoxy groups -OCH3 is 1. The van der Waals surface area contributed by atoms with Gasteiger partial charge in [0.15, 0.2) is 23.0 Å². The number of aromatic nitrogens is 1. The summed E-state index contributed by atoms with van der Waals surface area (Å²) in [4.78, 5) is 41.3. The van der Waals surface area contributed by atoms with Crippen LogP contribution in [0, 0.1) is 11.8 Å². The predicted molar refractivity (Wildman–Crippen MR) is 135 cm³/mol. The summed E-state index contributed by atoms with van der Waals surface area (Å²) in [5.74, 6) is -0.866.